The highest BCUT2D eigenvalue weighted by atomic mass is 35.5. The molecule has 0 heterocycles. The lowest BCUT2D eigenvalue weighted by Gasteiger charge is -2.13. The molecule has 96 valence electrons. The SMILES string of the molecule is COCC(C)NCCOc1cc(Cl)cc(Cl)c1. The second-order valence-corrected chi connectivity index (χ2v) is 4.64. The maximum absolute atomic E-state index is 5.86. The van der Waals surface area contributed by atoms with Crippen molar-refractivity contribution in [3.8, 4) is 5.75 Å². The molecule has 17 heavy (non-hydrogen) atoms. The van der Waals surface area contributed by atoms with Gasteiger partial charge in [0, 0.05) is 29.7 Å². The molecular formula is C12H17Cl2NO2. The van der Waals surface area contributed by atoms with Crippen molar-refractivity contribution in [1.29, 1.82) is 0 Å². The van der Waals surface area contributed by atoms with E-state index >= 15 is 0 Å². The summed E-state index contributed by atoms with van der Waals surface area (Å²) in [7, 11) is 1.68. The monoisotopic (exact) mass is 277 g/mol. The summed E-state index contributed by atoms with van der Waals surface area (Å²) < 4.78 is 10.5. The molecule has 3 nitrogen and oxygen atoms in total. The van der Waals surface area contributed by atoms with Gasteiger partial charge in [-0.3, -0.25) is 0 Å². The third-order valence-corrected chi connectivity index (χ3v) is 2.55. The Morgan fingerprint density at radius 3 is 2.47 bits per heavy atom. The van der Waals surface area contributed by atoms with E-state index in [1.165, 1.54) is 0 Å². The highest BCUT2D eigenvalue weighted by molar-refractivity contribution is 6.34. The average Bonchev–Trinajstić information content (AvgIpc) is 2.23. The fraction of sp³-hybridized carbons (Fsp3) is 0.500. The summed E-state index contributed by atoms with van der Waals surface area (Å²) in [5, 5.41) is 4.42. The van der Waals surface area contributed by atoms with Crippen LogP contribution in [0.4, 0.5) is 0 Å². The number of nitrogens with one attached hydrogen (secondary N) is 1. The first kappa shape index (κ1) is 14.6. The second-order valence-electron chi connectivity index (χ2n) is 3.76. The first-order valence-electron chi connectivity index (χ1n) is 5.43. The van der Waals surface area contributed by atoms with Crippen LogP contribution in [0.15, 0.2) is 18.2 Å². The Bertz CT molecular complexity index is 327. The van der Waals surface area contributed by atoms with Crippen molar-refractivity contribution < 1.29 is 9.47 Å². The Labute approximate surface area is 112 Å². The van der Waals surface area contributed by atoms with Crippen LogP contribution in [0, 0.1) is 0 Å². The van der Waals surface area contributed by atoms with Gasteiger partial charge in [0.05, 0.1) is 6.61 Å². The number of halogens is 2. The van der Waals surface area contributed by atoms with Gasteiger partial charge >= 0.3 is 0 Å². The molecule has 5 heteroatoms. The number of benzene rings is 1. The molecule has 1 N–H and O–H groups in total. The Morgan fingerprint density at radius 1 is 1.24 bits per heavy atom. The molecule has 0 spiro atoms. The number of hydrogen-bond donors (Lipinski definition) is 1. The third-order valence-electron chi connectivity index (χ3n) is 2.12. The van der Waals surface area contributed by atoms with Gasteiger partial charge < -0.3 is 14.8 Å². The van der Waals surface area contributed by atoms with Gasteiger partial charge in [-0.25, -0.2) is 0 Å². The quantitative estimate of drug-likeness (QED) is 0.778. The molecule has 1 aromatic rings. The predicted molar refractivity (Wildman–Crippen MR) is 71.3 cm³/mol. The van der Waals surface area contributed by atoms with Crippen LogP contribution in [0.2, 0.25) is 10.0 Å². The van der Waals surface area contributed by atoms with Gasteiger partial charge in [0.25, 0.3) is 0 Å². The van der Waals surface area contributed by atoms with Crippen LogP contribution in [0.1, 0.15) is 6.92 Å². The van der Waals surface area contributed by atoms with Crippen molar-refractivity contribution in [2.24, 2.45) is 0 Å². The van der Waals surface area contributed by atoms with Crippen molar-refractivity contribution in [3.05, 3.63) is 28.2 Å². The van der Waals surface area contributed by atoms with Crippen LogP contribution in [0.25, 0.3) is 0 Å². The first-order valence-corrected chi connectivity index (χ1v) is 6.18. The van der Waals surface area contributed by atoms with Gasteiger partial charge in [0.2, 0.25) is 0 Å². The molecular weight excluding hydrogens is 261 g/mol. The summed E-state index contributed by atoms with van der Waals surface area (Å²) in [6, 6.07) is 5.47. The van der Waals surface area contributed by atoms with Crippen LogP contribution in [-0.4, -0.2) is 32.9 Å². The normalized spacial score (nSPS) is 12.5. The maximum Gasteiger partial charge on any atom is 0.122 e. The van der Waals surface area contributed by atoms with Crippen LogP contribution in [-0.2, 0) is 4.74 Å². The molecule has 1 atom stereocenters. The summed E-state index contributed by atoms with van der Waals surface area (Å²) in [6.07, 6.45) is 0. The molecule has 1 unspecified atom stereocenters. The zero-order valence-electron chi connectivity index (χ0n) is 10.0. The molecule has 0 amide bonds. The molecule has 0 saturated heterocycles. The van der Waals surface area contributed by atoms with E-state index in [2.05, 4.69) is 12.2 Å². The average molecular weight is 278 g/mol. The largest absolute Gasteiger partial charge is 0.492 e. The van der Waals surface area contributed by atoms with Gasteiger partial charge in [0.1, 0.15) is 12.4 Å². The number of ether oxygens (including phenoxy) is 2. The van der Waals surface area contributed by atoms with Crippen molar-refractivity contribution in [3.63, 3.8) is 0 Å². The van der Waals surface area contributed by atoms with E-state index in [9.17, 15) is 0 Å². The highest BCUT2D eigenvalue weighted by Crippen LogP contribution is 2.23. The van der Waals surface area contributed by atoms with E-state index in [1.807, 2.05) is 0 Å². The molecule has 0 aliphatic carbocycles. The molecule has 0 radical (unpaired) electrons. The van der Waals surface area contributed by atoms with Gasteiger partial charge in [-0.05, 0) is 25.1 Å². The lowest BCUT2D eigenvalue weighted by atomic mass is 10.3. The number of hydrogen-bond acceptors (Lipinski definition) is 3. The molecule has 0 aliphatic rings. The Morgan fingerprint density at radius 2 is 1.88 bits per heavy atom. The van der Waals surface area contributed by atoms with Crippen molar-refractivity contribution in [1.82, 2.24) is 5.32 Å². The number of methoxy groups -OCH3 is 1. The molecule has 1 aromatic carbocycles. The summed E-state index contributed by atoms with van der Waals surface area (Å²) in [5.41, 5.74) is 0. The van der Waals surface area contributed by atoms with Gasteiger partial charge in [-0.15, -0.1) is 0 Å². The van der Waals surface area contributed by atoms with E-state index in [1.54, 1.807) is 25.3 Å². The van der Waals surface area contributed by atoms with E-state index in [4.69, 9.17) is 32.7 Å². The fourth-order valence-corrected chi connectivity index (χ4v) is 1.90. The summed E-state index contributed by atoms with van der Waals surface area (Å²) in [5.74, 6) is 0.684. The maximum atomic E-state index is 5.86. The van der Waals surface area contributed by atoms with E-state index < -0.39 is 0 Å². The van der Waals surface area contributed by atoms with E-state index in [-0.39, 0.29) is 0 Å². The van der Waals surface area contributed by atoms with Crippen LogP contribution < -0.4 is 10.1 Å². The number of rotatable bonds is 7. The van der Waals surface area contributed by atoms with E-state index in [0.717, 1.165) is 6.54 Å². The van der Waals surface area contributed by atoms with Gasteiger partial charge in [0.15, 0.2) is 0 Å². The predicted octanol–water partition coefficient (Wildman–Crippen LogP) is 3.00. The van der Waals surface area contributed by atoms with Gasteiger partial charge in [-0.1, -0.05) is 23.2 Å². The lowest BCUT2D eigenvalue weighted by Crippen LogP contribution is -2.33. The molecule has 1 rings (SSSR count). The van der Waals surface area contributed by atoms with Crippen LogP contribution >= 0.6 is 23.2 Å². The lowest BCUT2D eigenvalue weighted by molar-refractivity contribution is 0.169. The van der Waals surface area contributed by atoms with Crippen molar-refractivity contribution in [2.45, 2.75) is 13.0 Å². The van der Waals surface area contributed by atoms with Crippen LogP contribution in [0.3, 0.4) is 0 Å². The fourth-order valence-electron chi connectivity index (χ4n) is 1.39. The molecule has 0 aliphatic heterocycles. The minimum atomic E-state index is 0.312. The Hall–Kier alpha value is -0.480. The van der Waals surface area contributed by atoms with Gasteiger partial charge in [-0.2, -0.15) is 0 Å². The topological polar surface area (TPSA) is 30.5 Å². The van der Waals surface area contributed by atoms with Crippen LogP contribution in [0.5, 0.6) is 5.75 Å². The Balaban J connectivity index is 2.26. The minimum absolute atomic E-state index is 0.312. The first-order chi connectivity index (χ1) is 8.11. The minimum Gasteiger partial charge on any atom is -0.492 e. The van der Waals surface area contributed by atoms with Crippen molar-refractivity contribution in [2.75, 3.05) is 26.9 Å². The zero-order chi connectivity index (χ0) is 12.7. The standard InChI is InChI=1S/C12H17Cl2NO2/c1-9(8-16-2)15-3-4-17-12-6-10(13)5-11(14)7-12/h5-7,9,15H,3-4,8H2,1-2H3. The summed E-state index contributed by atoms with van der Waals surface area (Å²) >= 11 is 11.7. The third kappa shape index (κ3) is 6.13. The molecule has 0 bridgehead atoms. The zero-order valence-corrected chi connectivity index (χ0v) is 11.5. The molecule has 0 aromatic heterocycles. The highest BCUT2D eigenvalue weighted by Gasteiger charge is 2.01. The molecule has 0 saturated carbocycles. The smallest absolute Gasteiger partial charge is 0.122 e. The summed E-state index contributed by atoms with van der Waals surface area (Å²) in [4.78, 5) is 0. The van der Waals surface area contributed by atoms with E-state index in [0.29, 0.717) is 35.1 Å². The second kappa shape index (κ2) is 7.77. The summed E-state index contributed by atoms with van der Waals surface area (Å²) in [6.45, 7) is 4.04. The van der Waals surface area contributed by atoms with Crippen molar-refractivity contribution >= 4 is 23.2 Å². The molecule has 0 fully saturated rings. The Kier molecular flexibility index (Phi) is 6.66.